The number of hydrogen-bond donors (Lipinski definition) is 1. The van der Waals surface area contributed by atoms with Crippen molar-refractivity contribution in [2.75, 3.05) is 18.5 Å². The summed E-state index contributed by atoms with van der Waals surface area (Å²) < 4.78 is 12.0. The Morgan fingerprint density at radius 1 is 1.08 bits per heavy atom. The van der Waals surface area contributed by atoms with Gasteiger partial charge in [0.15, 0.2) is 18.1 Å². The molecule has 0 unspecified atom stereocenters. The second-order valence-corrected chi connectivity index (χ2v) is 10.7. The molecule has 0 aromatic heterocycles. The maximum absolute atomic E-state index is 13.2. The first-order chi connectivity index (χ1) is 18.3. The van der Waals surface area contributed by atoms with Crippen LogP contribution in [0.5, 0.6) is 11.5 Å². The van der Waals surface area contributed by atoms with Crippen molar-refractivity contribution in [2.45, 2.75) is 19.9 Å². The van der Waals surface area contributed by atoms with E-state index in [2.05, 4.69) is 5.32 Å². The molecule has 3 aromatic carbocycles. The highest BCUT2D eigenvalue weighted by molar-refractivity contribution is 8.26. The topological polar surface area (TPSA) is 67.9 Å². The van der Waals surface area contributed by atoms with Crippen LogP contribution in [0.2, 0.25) is 10.0 Å². The summed E-state index contributed by atoms with van der Waals surface area (Å²) in [5.41, 5.74) is 2.14. The molecule has 1 N–H and O–H groups in total. The molecule has 1 atom stereocenters. The number of nitrogens with zero attached hydrogens (tertiary/aromatic N) is 1. The molecule has 1 saturated heterocycles. The van der Waals surface area contributed by atoms with Gasteiger partial charge >= 0.3 is 0 Å². The Morgan fingerprint density at radius 3 is 2.58 bits per heavy atom. The van der Waals surface area contributed by atoms with Crippen LogP contribution in [-0.4, -0.2) is 34.2 Å². The summed E-state index contributed by atoms with van der Waals surface area (Å²) in [5, 5.41) is 3.27. The Labute approximate surface area is 240 Å². The van der Waals surface area contributed by atoms with Gasteiger partial charge in [0.05, 0.1) is 33.3 Å². The molecule has 0 radical (unpaired) electrons. The maximum atomic E-state index is 13.2. The van der Waals surface area contributed by atoms with E-state index in [0.717, 1.165) is 11.1 Å². The molecule has 10 heteroatoms. The molecule has 1 heterocycles. The Kier molecular flexibility index (Phi) is 9.33. The van der Waals surface area contributed by atoms with Crippen LogP contribution in [0.25, 0.3) is 6.08 Å². The SMILES string of the molecule is CCOc1cc(/C=C2\SC(=S)N([C@H](C)c3ccccc3)C2=O)ccc1OCC(=O)Nc1cccc(Cl)c1Cl. The number of ether oxygens (including phenoxy) is 2. The smallest absolute Gasteiger partial charge is 0.266 e. The average Bonchev–Trinajstić information content (AvgIpc) is 3.18. The Hall–Kier alpha value is -3.04. The van der Waals surface area contributed by atoms with Crippen LogP contribution in [0.15, 0.2) is 71.6 Å². The third-order valence-corrected chi connectivity index (χ3v) is 7.79. The highest BCUT2D eigenvalue weighted by atomic mass is 35.5. The number of carbonyl (C=O) groups is 2. The lowest BCUT2D eigenvalue weighted by molar-refractivity contribution is -0.123. The van der Waals surface area contributed by atoms with Crippen LogP contribution < -0.4 is 14.8 Å². The molecule has 0 spiro atoms. The van der Waals surface area contributed by atoms with E-state index < -0.39 is 5.91 Å². The van der Waals surface area contributed by atoms with E-state index in [4.69, 9.17) is 44.9 Å². The fourth-order valence-electron chi connectivity index (χ4n) is 3.78. The van der Waals surface area contributed by atoms with Gasteiger partial charge in [-0.2, -0.15) is 0 Å². The number of anilines is 1. The summed E-state index contributed by atoms with van der Waals surface area (Å²) in [6.45, 7) is 3.93. The predicted molar refractivity (Wildman–Crippen MR) is 158 cm³/mol. The lowest BCUT2D eigenvalue weighted by atomic mass is 10.1. The molecule has 0 aliphatic carbocycles. The van der Waals surface area contributed by atoms with Gasteiger partial charge in [-0.15, -0.1) is 0 Å². The quantitative estimate of drug-likeness (QED) is 0.208. The first-order valence-electron chi connectivity index (χ1n) is 11.7. The molecular formula is C28H24Cl2N2O4S2. The highest BCUT2D eigenvalue weighted by Crippen LogP contribution is 2.39. The molecule has 1 aliphatic heterocycles. The van der Waals surface area contributed by atoms with Crippen molar-refractivity contribution >= 4 is 75.1 Å². The predicted octanol–water partition coefficient (Wildman–Crippen LogP) is 7.37. The Balaban J connectivity index is 1.47. The lowest BCUT2D eigenvalue weighted by Crippen LogP contribution is -2.30. The van der Waals surface area contributed by atoms with Crippen molar-refractivity contribution in [1.82, 2.24) is 4.90 Å². The van der Waals surface area contributed by atoms with E-state index in [9.17, 15) is 9.59 Å². The summed E-state index contributed by atoms with van der Waals surface area (Å²) in [6, 6.07) is 19.8. The zero-order valence-electron chi connectivity index (χ0n) is 20.6. The van der Waals surface area contributed by atoms with Gasteiger partial charge in [0.1, 0.15) is 4.32 Å². The molecule has 3 aromatic rings. The van der Waals surface area contributed by atoms with Gasteiger partial charge < -0.3 is 14.8 Å². The van der Waals surface area contributed by atoms with Gasteiger partial charge in [-0.3, -0.25) is 14.5 Å². The van der Waals surface area contributed by atoms with Gasteiger partial charge in [-0.05, 0) is 55.3 Å². The van der Waals surface area contributed by atoms with Crippen LogP contribution in [0.3, 0.4) is 0 Å². The molecule has 38 heavy (non-hydrogen) atoms. The van der Waals surface area contributed by atoms with E-state index in [1.807, 2.05) is 44.2 Å². The molecule has 196 valence electrons. The fraction of sp³-hybridized carbons (Fsp3) is 0.179. The fourth-order valence-corrected chi connectivity index (χ4v) is 5.54. The zero-order chi connectivity index (χ0) is 27.2. The number of amides is 2. The number of nitrogens with one attached hydrogen (secondary N) is 1. The average molecular weight is 588 g/mol. The summed E-state index contributed by atoms with van der Waals surface area (Å²) >= 11 is 18.9. The second-order valence-electron chi connectivity index (χ2n) is 8.22. The van der Waals surface area contributed by atoms with Crippen molar-refractivity contribution in [3.8, 4) is 11.5 Å². The summed E-state index contributed by atoms with van der Waals surface area (Å²) in [7, 11) is 0. The van der Waals surface area contributed by atoms with Crippen LogP contribution in [0, 0.1) is 0 Å². The first-order valence-corrected chi connectivity index (χ1v) is 13.7. The molecule has 0 saturated carbocycles. The number of hydrogen-bond acceptors (Lipinski definition) is 6. The Morgan fingerprint density at radius 2 is 1.84 bits per heavy atom. The largest absolute Gasteiger partial charge is 0.490 e. The summed E-state index contributed by atoms with van der Waals surface area (Å²) in [6.07, 6.45) is 1.77. The molecule has 4 rings (SSSR count). The molecule has 6 nitrogen and oxygen atoms in total. The molecule has 1 aliphatic rings. The minimum atomic E-state index is -0.406. The van der Waals surface area contributed by atoms with Gasteiger partial charge in [0.2, 0.25) is 0 Å². The number of thiocarbonyl (C=S) groups is 1. The van der Waals surface area contributed by atoms with E-state index in [0.29, 0.717) is 38.0 Å². The number of carbonyl (C=O) groups excluding carboxylic acids is 2. The minimum absolute atomic E-state index is 0.147. The van der Waals surface area contributed by atoms with Crippen LogP contribution >= 0.6 is 47.2 Å². The van der Waals surface area contributed by atoms with E-state index in [-0.39, 0.29) is 23.6 Å². The first kappa shape index (κ1) is 28.0. The van der Waals surface area contributed by atoms with Crippen molar-refractivity contribution in [3.63, 3.8) is 0 Å². The normalized spacial score (nSPS) is 15.1. The van der Waals surface area contributed by atoms with Gasteiger partial charge in [0.25, 0.3) is 11.8 Å². The standard InChI is InChI=1S/C28H24Cl2N2O4S2/c1-3-35-23-14-18(12-13-22(23)36-16-25(33)31-21-11-7-10-20(29)26(21)30)15-24-27(34)32(28(37)38-24)17(2)19-8-5-4-6-9-19/h4-15,17H,3,16H2,1-2H3,(H,31,33)/b24-15-/t17-/m1/s1. The second kappa shape index (κ2) is 12.7. The highest BCUT2D eigenvalue weighted by Gasteiger charge is 2.35. The molecule has 1 fully saturated rings. The van der Waals surface area contributed by atoms with E-state index in [1.54, 1.807) is 47.4 Å². The van der Waals surface area contributed by atoms with E-state index in [1.165, 1.54) is 11.8 Å². The number of thioether (sulfide) groups is 1. The molecule has 0 bridgehead atoms. The lowest BCUT2D eigenvalue weighted by Gasteiger charge is -2.23. The number of benzene rings is 3. The van der Waals surface area contributed by atoms with Gasteiger partial charge in [0, 0.05) is 0 Å². The monoisotopic (exact) mass is 586 g/mol. The maximum Gasteiger partial charge on any atom is 0.266 e. The summed E-state index contributed by atoms with van der Waals surface area (Å²) in [4.78, 5) is 27.8. The molecule has 2 amide bonds. The van der Waals surface area contributed by atoms with Crippen molar-refractivity contribution in [1.29, 1.82) is 0 Å². The number of rotatable bonds is 9. The van der Waals surface area contributed by atoms with Crippen LogP contribution in [0.1, 0.15) is 31.0 Å². The van der Waals surface area contributed by atoms with Crippen molar-refractivity contribution in [2.24, 2.45) is 0 Å². The zero-order valence-corrected chi connectivity index (χ0v) is 23.7. The third kappa shape index (κ3) is 6.50. The third-order valence-electron chi connectivity index (χ3n) is 5.64. The Bertz CT molecular complexity index is 1400. The van der Waals surface area contributed by atoms with Crippen molar-refractivity contribution in [3.05, 3.63) is 92.8 Å². The van der Waals surface area contributed by atoms with Crippen LogP contribution in [0.4, 0.5) is 5.69 Å². The number of halogens is 2. The minimum Gasteiger partial charge on any atom is -0.490 e. The van der Waals surface area contributed by atoms with Gasteiger partial charge in [-0.25, -0.2) is 0 Å². The molecular weight excluding hydrogens is 563 g/mol. The van der Waals surface area contributed by atoms with Crippen LogP contribution in [-0.2, 0) is 9.59 Å². The van der Waals surface area contributed by atoms with Crippen molar-refractivity contribution < 1.29 is 19.1 Å². The summed E-state index contributed by atoms with van der Waals surface area (Å²) in [5.74, 6) is 0.285. The van der Waals surface area contributed by atoms with E-state index >= 15 is 0 Å². The van der Waals surface area contributed by atoms with Gasteiger partial charge in [-0.1, -0.05) is 89.6 Å².